The second kappa shape index (κ2) is 7.33. The van der Waals surface area contributed by atoms with E-state index in [1.165, 1.54) is 18.1 Å². The number of benzene rings is 1. The van der Waals surface area contributed by atoms with E-state index in [-0.39, 0.29) is 30.5 Å². The average molecular weight is 306 g/mol. The number of methoxy groups -OCH3 is 1. The van der Waals surface area contributed by atoms with E-state index in [9.17, 15) is 9.59 Å². The normalized spacial score (nSPS) is 10.3. The minimum absolute atomic E-state index is 0.0128. The molecule has 104 valence electrons. The highest BCUT2D eigenvalue weighted by Gasteiger charge is 2.19. The lowest BCUT2D eigenvalue weighted by atomic mass is 10.2. The van der Waals surface area contributed by atoms with Crippen molar-refractivity contribution in [3.63, 3.8) is 0 Å². The lowest BCUT2D eigenvalue weighted by molar-refractivity contribution is -0.136. The molecule has 1 N–H and O–H groups in total. The third-order valence-corrected chi connectivity index (χ3v) is 2.86. The summed E-state index contributed by atoms with van der Waals surface area (Å²) in [5.41, 5.74) is 0.411. The van der Waals surface area contributed by atoms with Gasteiger partial charge in [-0.15, -0.1) is 0 Å². The number of carbonyl (C=O) groups is 2. The van der Waals surface area contributed by atoms with Crippen molar-refractivity contribution in [2.24, 2.45) is 0 Å². The van der Waals surface area contributed by atoms with Gasteiger partial charge in [0.05, 0.1) is 17.1 Å². The Balaban J connectivity index is 3.00. The Bertz CT molecular complexity index is 479. The van der Waals surface area contributed by atoms with Crippen molar-refractivity contribution in [3.8, 4) is 0 Å². The summed E-state index contributed by atoms with van der Waals surface area (Å²) < 4.78 is 4.77. The molecule has 19 heavy (non-hydrogen) atoms. The predicted octanol–water partition coefficient (Wildman–Crippen LogP) is 2.45. The summed E-state index contributed by atoms with van der Waals surface area (Å²) >= 11 is 11.8. The quantitative estimate of drug-likeness (QED) is 0.876. The molecule has 0 atom stereocenters. The molecular formula is C12H13Cl2NO4. The van der Waals surface area contributed by atoms with Crippen molar-refractivity contribution in [1.82, 2.24) is 0 Å². The Hall–Kier alpha value is -1.30. The van der Waals surface area contributed by atoms with Crippen LogP contribution in [0.4, 0.5) is 5.69 Å². The summed E-state index contributed by atoms with van der Waals surface area (Å²) in [6.07, 6.45) is -0.186. The molecule has 1 rings (SSSR count). The molecule has 0 aliphatic carbocycles. The molecule has 0 aromatic heterocycles. The fourth-order valence-corrected chi connectivity index (χ4v) is 2.00. The summed E-state index contributed by atoms with van der Waals surface area (Å²) in [6, 6.07) is 4.64. The third kappa shape index (κ3) is 4.70. The van der Waals surface area contributed by atoms with Crippen LogP contribution in [0.2, 0.25) is 10.0 Å². The Morgan fingerprint density at radius 1 is 1.37 bits per heavy atom. The topological polar surface area (TPSA) is 66.8 Å². The number of anilines is 1. The summed E-state index contributed by atoms with van der Waals surface area (Å²) in [4.78, 5) is 23.8. The van der Waals surface area contributed by atoms with Gasteiger partial charge in [0.1, 0.15) is 6.61 Å². The van der Waals surface area contributed by atoms with Gasteiger partial charge >= 0.3 is 5.97 Å². The minimum atomic E-state index is -1.000. The molecule has 0 unspecified atom stereocenters. The van der Waals surface area contributed by atoms with Crippen LogP contribution in [0.5, 0.6) is 0 Å². The first-order chi connectivity index (χ1) is 8.95. The highest BCUT2D eigenvalue weighted by Crippen LogP contribution is 2.29. The number of nitrogens with zero attached hydrogens (tertiary/aromatic N) is 1. The number of carboxylic acids is 1. The van der Waals surface area contributed by atoms with Gasteiger partial charge in [-0.05, 0) is 18.2 Å². The number of rotatable bonds is 6. The van der Waals surface area contributed by atoms with Crippen LogP contribution in [-0.2, 0) is 14.3 Å². The van der Waals surface area contributed by atoms with Gasteiger partial charge in [0.25, 0.3) is 5.91 Å². The molecule has 5 nitrogen and oxygen atoms in total. The summed E-state index contributed by atoms with van der Waals surface area (Å²) in [6.45, 7) is -0.141. The van der Waals surface area contributed by atoms with Gasteiger partial charge in [-0.25, -0.2) is 0 Å². The zero-order valence-electron chi connectivity index (χ0n) is 10.2. The number of carboxylic acid groups (broad SMARTS) is 1. The molecule has 1 aromatic carbocycles. The Labute approximate surface area is 120 Å². The van der Waals surface area contributed by atoms with E-state index in [4.69, 9.17) is 33.0 Å². The summed E-state index contributed by atoms with van der Waals surface area (Å²) in [5.74, 6) is -1.37. The van der Waals surface area contributed by atoms with E-state index in [1.807, 2.05) is 0 Å². The van der Waals surface area contributed by atoms with Crippen molar-refractivity contribution in [2.45, 2.75) is 6.42 Å². The number of aliphatic carboxylic acids is 1. The number of hydrogen-bond acceptors (Lipinski definition) is 3. The van der Waals surface area contributed by atoms with Crippen LogP contribution < -0.4 is 4.90 Å². The van der Waals surface area contributed by atoms with E-state index < -0.39 is 5.97 Å². The molecule has 0 spiro atoms. The molecule has 0 radical (unpaired) electrons. The Morgan fingerprint density at radius 2 is 2.05 bits per heavy atom. The number of carbonyl (C=O) groups excluding carboxylic acids is 1. The first-order valence-corrected chi connectivity index (χ1v) is 6.17. The largest absolute Gasteiger partial charge is 0.481 e. The molecule has 0 saturated carbocycles. The minimum Gasteiger partial charge on any atom is -0.481 e. The van der Waals surface area contributed by atoms with Gasteiger partial charge in [-0.1, -0.05) is 23.2 Å². The highest BCUT2D eigenvalue weighted by molar-refractivity contribution is 6.36. The monoisotopic (exact) mass is 305 g/mol. The smallest absolute Gasteiger partial charge is 0.305 e. The molecular weight excluding hydrogens is 293 g/mol. The molecule has 0 aliphatic rings. The number of hydrogen-bond donors (Lipinski definition) is 1. The van der Waals surface area contributed by atoms with Crippen LogP contribution in [0, 0.1) is 0 Å². The van der Waals surface area contributed by atoms with Crippen LogP contribution in [0.3, 0.4) is 0 Å². The van der Waals surface area contributed by atoms with Gasteiger partial charge in [0.15, 0.2) is 0 Å². The lowest BCUT2D eigenvalue weighted by Crippen LogP contribution is -2.35. The van der Waals surface area contributed by atoms with Crippen LogP contribution >= 0.6 is 23.2 Å². The average Bonchev–Trinajstić information content (AvgIpc) is 2.31. The van der Waals surface area contributed by atoms with E-state index in [1.54, 1.807) is 12.1 Å². The second-order valence-corrected chi connectivity index (χ2v) is 4.56. The molecule has 1 amide bonds. The van der Waals surface area contributed by atoms with Gasteiger partial charge in [-0.2, -0.15) is 0 Å². The van der Waals surface area contributed by atoms with E-state index in [0.29, 0.717) is 10.7 Å². The first kappa shape index (κ1) is 15.8. The highest BCUT2D eigenvalue weighted by atomic mass is 35.5. The lowest BCUT2D eigenvalue weighted by Gasteiger charge is -2.23. The Morgan fingerprint density at radius 3 is 2.58 bits per heavy atom. The van der Waals surface area contributed by atoms with Crippen molar-refractivity contribution < 1.29 is 19.4 Å². The zero-order valence-corrected chi connectivity index (χ0v) is 11.7. The van der Waals surface area contributed by atoms with Gasteiger partial charge in [0.2, 0.25) is 0 Å². The molecule has 1 aromatic rings. The van der Waals surface area contributed by atoms with Crippen LogP contribution in [-0.4, -0.2) is 37.2 Å². The number of ether oxygens (including phenoxy) is 1. The number of halogens is 2. The molecule has 0 bridgehead atoms. The summed E-state index contributed by atoms with van der Waals surface area (Å²) in [5, 5.41) is 9.43. The third-order valence-electron chi connectivity index (χ3n) is 2.32. The Kier molecular flexibility index (Phi) is 6.08. The van der Waals surface area contributed by atoms with Crippen molar-refractivity contribution in [3.05, 3.63) is 28.2 Å². The van der Waals surface area contributed by atoms with Gasteiger partial charge in [0, 0.05) is 18.7 Å². The van der Waals surface area contributed by atoms with Gasteiger partial charge in [-0.3, -0.25) is 9.59 Å². The SMILES string of the molecule is COCC(=O)N(CCC(=O)O)c1ccc(Cl)cc1Cl. The van der Waals surface area contributed by atoms with Crippen molar-refractivity contribution >= 4 is 40.8 Å². The zero-order chi connectivity index (χ0) is 14.4. The first-order valence-electron chi connectivity index (χ1n) is 5.42. The van der Waals surface area contributed by atoms with Crippen molar-refractivity contribution in [1.29, 1.82) is 0 Å². The molecule has 0 saturated heterocycles. The number of amides is 1. The maximum atomic E-state index is 11.9. The maximum Gasteiger partial charge on any atom is 0.305 e. The van der Waals surface area contributed by atoms with Crippen molar-refractivity contribution in [2.75, 3.05) is 25.2 Å². The fraction of sp³-hybridized carbons (Fsp3) is 0.333. The van der Waals surface area contributed by atoms with Crippen LogP contribution in [0.1, 0.15) is 6.42 Å². The second-order valence-electron chi connectivity index (χ2n) is 3.72. The maximum absolute atomic E-state index is 11.9. The molecule has 0 heterocycles. The molecule has 0 aliphatic heterocycles. The van der Waals surface area contributed by atoms with Gasteiger partial charge < -0.3 is 14.7 Å². The predicted molar refractivity (Wildman–Crippen MR) is 72.9 cm³/mol. The van der Waals surface area contributed by atoms with E-state index in [2.05, 4.69) is 0 Å². The summed E-state index contributed by atoms with van der Waals surface area (Å²) in [7, 11) is 1.39. The molecule has 7 heteroatoms. The van der Waals surface area contributed by atoms with E-state index in [0.717, 1.165) is 0 Å². The van der Waals surface area contributed by atoms with E-state index >= 15 is 0 Å². The fourth-order valence-electron chi connectivity index (χ4n) is 1.49. The van der Waals surface area contributed by atoms with Crippen LogP contribution in [0.25, 0.3) is 0 Å². The standard InChI is InChI=1S/C12H13Cl2NO4/c1-19-7-11(16)15(5-4-12(17)18)10-3-2-8(13)6-9(10)14/h2-3,6H,4-5,7H2,1H3,(H,17,18). The molecule has 0 fully saturated rings. The van der Waals surface area contributed by atoms with Crippen LogP contribution in [0.15, 0.2) is 18.2 Å².